The van der Waals surface area contributed by atoms with Gasteiger partial charge < -0.3 is 11.1 Å². The molecule has 0 saturated carbocycles. The van der Waals surface area contributed by atoms with Crippen molar-refractivity contribution in [1.29, 1.82) is 5.26 Å². The minimum atomic E-state index is 0.152. The highest BCUT2D eigenvalue weighted by Crippen LogP contribution is 2.11. The SMILES string of the molecule is CCCC(CN)Nc1nnccc1C#N. The van der Waals surface area contributed by atoms with Crippen LogP contribution in [-0.2, 0) is 0 Å². The Hall–Kier alpha value is -1.67. The number of nitriles is 1. The van der Waals surface area contributed by atoms with E-state index >= 15 is 0 Å². The predicted octanol–water partition coefficient (Wildman–Crippen LogP) is 0.888. The van der Waals surface area contributed by atoms with Crippen LogP contribution in [0.1, 0.15) is 25.3 Å². The molecule has 1 heterocycles. The first-order valence-corrected chi connectivity index (χ1v) is 5.00. The third kappa shape index (κ3) is 3.18. The fourth-order valence-electron chi connectivity index (χ4n) is 1.32. The van der Waals surface area contributed by atoms with Gasteiger partial charge in [-0.2, -0.15) is 10.4 Å². The molecule has 0 aromatic carbocycles. The predicted molar refractivity (Wildman–Crippen MR) is 58.1 cm³/mol. The first-order valence-electron chi connectivity index (χ1n) is 5.00. The van der Waals surface area contributed by atoms with Crippen molar-refractivity contribution < 1.29 is 0 Å². The van der Waals surface area contributed by atoms with Crippen molar-refractivity contribution in [3.8, 4) is 6.07 Å². The van der Waals surface area contributed by atoms with Crippen molar-refractivity contribution in [2.24, 2.45) is 5.73 Å². The molecule has 15 heavy (non-hydrogen) atoms. The first-order chi connectivity index (χ1) is 7.31. The Labute approximate surface area is 89.3 Å². The average Bonchev–Trinajstić information content (AvgIpc) is 2.29. The summed E-state index contributed by atoms with van der Waals surface area (Å²) in [5.41, 5.74) is 6.10. The Morgan fingerprint density at radius 1 is 1.67 bits per heavy atom. The maximum absolute atomic E-state index is 8.84. The Bertz CT molecular complexity index is 344. The molecule has 0 aliphatic heterocycles. The summed E-state index contributed by atoms with van der Waals surface area (Å²) in [6.45, 7) is 2.61. The van der Waals surface area contributed by atoms with Crippen molar-refractivity contribution in [2.75, 3.05) is 11.9 Å². The van der Waals surface area contributed by atoms with Crippen LogP contribution in [0, 0.1) is 11.3 Å². The molecule has 0 radical (unpaired) electrons. The number of nitrogens with two attached hydrogens (primary N) is 1. The molecular formula is C10H15N5. The number of rotatable bonds is 5. The monoisotopic (exact) mass is 205 g/mol. The van der Waals surface area contributed by atoms with Crippen molar-refractivity contribution in [3.05, 3.63) is 17.8 Å². The molecule has 1 atom stereocenters. The highest BCUT2D eigenvalue weighted by Gasteiger charge is 2.09. The zero-order chi connectivity index (χ0) is 11.1. The zero-order valence-corrected chi connectivity index (χ0v) is 8.77. The highest BCUT2D eigenvalue weighted by molar-refractivity contribution is 5.50. The quantitative estimate of drug-likeness (QED) is 0.745. The van der Waals surface area contributed by atoms with Crippen molar-refractivity contribution in [1.82, 2.24) is 10.2 Å². The molecule has 1 aromatic heterocycles. The number of anilines is 1. The van der Waals surface area contributed by atoms with Crippen molar-refractivity contribution >= 4 is 5.82 Å². The summed E-state index contributed by atoms with van der Waals surface area (Å²) in [7, 11) is 0. The molecule has 0 fully saturated rings. The van der Waals surface area contributed by atoms with Gasteiger partial charge in [0, 0.05) is 12.6 Å². The molecule has 0 amide bonds. The van der Waals surface area contributed by atoms with E-state index in [1.807, 2.05) is 0 Å². The van der Waals surface area contributed by atoms with Gasteiger partial charge in [0.05, 0.1) is 11.8 Å². The summed E-state index contributed by atoms with van der Waals surface area (Å²) >= 11 is 0. The molecule has 0 spiro atoms. The molecule has 1 rings (SSSR count). The minimum absolute atomic E-state index is 0.152. The van der Waals surface area contributed by atoms with Gasteiger partial charge in [-0.1, -0.05) is 13.3 Å². The normalized spacial score (nSPS) is 11.8. The molecule has 0 aliphatic carbocycles. The number of aromatic nitrogens is 2. The second-order valence-electron chi connectivity index (χ2n) is 3.27. The van der Waals surface area contributed by atoms with E-state index in [0.29, 0.717) is 17.9 Å². The summed E-state index contributed by atoms with van der Waals surface area (Å²) < 4.78 is 0. The smallest absolute Gasteiger partial charge is 0.166 e. The molecule has 0 saturated heterocycles. The molecule has 0 aliphatic rings. The summed E-state index contributed by atoms with van der Waals surface area (Å²) in [5, 5.41) is 19.6. The van der Waals surface area contributed by atoms with Crippen LogP contribution in [0.4, 0.5) is 5.82 Å². The third-order valence-corrected chi connectivity index (χ3v) is 2.10. The van der Waals surface area contributed by atoms with Crippen LogP contribution in [0.5, 0.6) is 0 Å². The number of nitrogens with zero attached hydrogens (tertiary/aromatic N) is 3. The van der Waals surface area contributed by atoms with Gasteiger partial charge in [-0.25, -0.2) is 0 Å². The van der Waals surface area contributed by atoms with E-state index in [4.69, 9.17) is 11.0 Å². The Morgan fingerprint density at radius 2 is 2.47 bits per heavy atom. The lowest BCUT2D eigenvalue weighted by atomic mass is 10.1. The molecule has 3 N–H and O–H groups in total. The molecule has 1 aromatic rings. The molecule has 5 heteroatoms. The highest BCUT2D eigenvalue weighted by atomic mass is 15.2. The Morgan fingerprint density at radius 3 is 3.07 bits per heavy atom. The van der Waals surface area contributed by atoms with E-state index < -0.39 is 0 Å². The largest absolute Gasteiger partial charge is 0.363 e. The van der Waals surface area contributed by atoms with Crippen molar-refractivity contribution in [3.63, 3.8) is 0 Å². The number of hydrogen-bond donors (Lipinski definition) is 2. The summed E-state index contributed by atoms with van der Waals surface area (Å²) in [6.07, 6.45) is 3.50. The van der Waals surface area contributed by atoms with Crippen LogP contribution in [0.15, 0.2) is 12.3 Å². The summed E-state index contributed by atoms with van der Waals surface area (Å²) in [6, 6.07) is 3.85. The molecule has 1 unspecified atom stereocenters. The zero-order valence-electron chi connectivity index (χ0n) is 8.77. The van der Waals surface area contributed by atoms with Crippen molar-refractivity contribution in [2.45, 2.75) is 25.8 Å². The van der Waals surface area contributed by atoms with Crippen LogP contribution in [-0.4, -0.2) is 22.8 Å². The van der Waals surface area contributed by atoms with E-state index in [2.05, 4.69) is 28.5 Å². The topological polar surface area (TPSA) is 87.6 Å². The maximum Gasteiger partial charge on any atom is 0.166 e. The van der Waals surface area contributed by atoms with Gasteiger partial charge in [-0.15, -0.1) is 5.10 Å². The fourth-order valence-corrected chi connectivity index (χ4v) is 1.32. The van der Waals surface area contributed by atoms with Gasteiger partial charge in [0.2, 0.25) is 0 Å². The summed E-state index contributed by atoms with van der Waals surface area (Å²) in [5.74, 6) is 0.518. The van der Waals surface area contributed by atoms with E-state index in [1.54, 1.807) is 6.07 Å². The van der Waals surface area contributed by atoms with Gasteiger partial charge >= 0.3 is 0 Å². The lowest BCUT2D eigenvalue weighted by Crippen LogP contribution is -2.29. The van der Waals surface area contributed by atoms with E-state index in [-0.39, 0.29) is 6.04 Å². The number of hydrogen-bond acceptors (Lipinski definition) is 5. The van der Waals surface area contributed by atoms with Gasteiger partial charge in [0.15, 0.2) is 5.82 Å². The minimum Gasteiger partial charge on any atom is -0.363 e. The first kappa shape index (κ1) is 11.4. The molecule has 0 bridgehead atoms. The van der Waals surface area contributed by atoms with Crippen LogP contribution in [0.2, 0.25) is 0 Å². The molecule has 5 nitrogen and oxygen atoms in total. The second kappa shape index (κ2) is 5.94. The van der Waals surface area contributed by atoms with Gasteiger partial charge in [-0.05, 0) is 12.5 Å². The van der Waals surface area contributed by atoms with Gasteiger partial charge in [0.1, 0.15) is 6.07 Å². The Kier molecular flexibility index (Phi) is 4.51. The lowest BCUT2D eigenvalue weighted by Gasteiger charge is -2.16. The van der Waals surface area contributed by atoms with Crippen LogP contribution >= 0.6 is 0 Å². The maximum atomic E-state index is 8.84. The Balaban J connectivity index is 2.74. The molecular weight excluding hydrogens is 190 g/mol. The van der Waals surface area contributed by atoms with E-state index in [9.17, 15) is 0 Å². The van der Waals surface area contributed by atoms with E-state index in [0.717, 1.165) is 12.8 Å². The summed E-state index contributed by atoms with van der Waals surface area (Å²) in [4.78, 5) is 0. The van der Waals surface area contributed by atoms with Gasteiger partial charge in [-0.3, -0.25) is 0 Å². The lowest BCUT2D eigenvalue weighted by molar-refractivity contribution is 0.644. The standard InChI is InChI=1S/C10H15N5/c1-2-3-9(7-12)14-10-8(6-11)4-5-13-15-10/h4-5,9H,2-3,7,12H2,1H3,(H,14,15). The van der Waals surface area contributed by atoms with Crippen LogP contribution in [0.3, 0.4) is 0 Å². The average molecular weight is 205 g/mol. The van der Waals surface area contributed by atoms with Gasteiger partial charge in [0.25, 0.3) is 0 Å². The number of nitrogens with one attached hydrogen (secondary N) is 1. The molecule has 80 valence electrons. The second-order valence-corrected chi connectivity index (χ2v) is 3.27. The van der Waals surface area contributed by atoms with Crippen LogP contribution < -0.4 is 11.1 Å². The van der Waals surface area contributed by atoms with E-state index in [1.165, 1.54) is 6.20 Å². The van der Waals surface area contributed by atoms with Crippen LogP contribution in [0.25, 0.3) is 0 Å². The third-order valence-electron chi connectivity index (χ3n) is 2.10. The fraction of sp³-hybridized carbons (Fsp3) is 0.500.